The van der Waals surface area contributed by atoms with Crippen molar-refractivity contribution in [3.63, 3.8) is 0 Å². The number of hydrogen-bond donors (Lipinski definition) is 1. The van der Waals surface area contributed by atoms with Gasteiger partial charge in [0.2, 0.25) is 0 Å². The van der Waals surface area contributed by atoms with Crippen molar-refractivity contribution in [3.8, 4) is 22.8 Å². The summed E-state index contributed by atoms with van der Waals surface area (Å²) in [6, 6.07) is 7.91. The first-order valence-electron chi connectivity index (χ1n) is 8.80. The van der Waals surface area contributed by atoms with E-state index in [0.29, 0.717) is 0 Å². The fourth-order valence-corrected chi connectivity index (χ4v) is 2.78. The van der Waals surface area contributed by atoms with E-state index < -0.39 is 18.0 Å². The Hall–Kier alpha value is -3.33. The molecule has 1 aliphatic heterocycles. The Balaban J connectivity index is 0.00000124. The minimum absolute atomic E-state index is 0.0698. The van der Waals surface area contributed by atoms with Crippen molar-refractivity contribution in [2.24, 2.45) is 0 Å². The molecule has 1 amide bonds. The number of nitrogens with zero attached hydrogens (tertiary/aromatic N) is 2. The van der Waals surface area contributed by atoms with Gasteiger partial charge in [-0.05, 0) is 18.2 Å². The van der Waals surface area contributed by atoms with E-state index in [9.17, 15) is 18.0 Å². The minimum Gasteiger partial charge on any atom is -0.395 e. The molecular formula is C20H15ClF3N3O3. The second-order valence-corrected chi connectivity index (χ2v) is 6.07. The van der Waals surface area contributed by atoms with Crippen LogP contribution in [0.2, 0.25) is 5.02 Å². The molecule has 0 radical (unpaired) electrons. The Bertz CT molecular complexity index is 1080. The fourth-order valence-electron chi connectivity index (χ4n) is 2.53. The van der Waals surface area contributed by atoms with Gasteiger partial charge in [-0.3, -0.25) is 9.78 Å². The molecule has 156 valence electrons. The van der Waals surface area contributed by atoms with E-state index in [1.54, 1.807) is 0 Å². The Morgan fingerprint density at radius 3 is 2.37 bits per heavy atom. The zero-order chi connectivity index (χ0) is 21.9. The normalized spacial score (nSPS) is 13.3. The lowest BCUT2D eigenvalue weighted by molar-refractivity contribution is -0.286. The number of carbonyl (C=O) groups is 1. The number of alkyl halides is 2. The number of nitrogens with one attached hydrogen (secondary N) is 1. The standard InChI is InChI=1S/C18H9ClF3N3O3.C2H6/c19-11-6-15-14(27-18(21,22)28-15)5-10(11)13-7-24-16(8-23-13)25-17(26)9-3-1-2-4-12(9)20;1-2/h1-8H,(H,24,25,26);1-2H3. The lowest BCUT2D eigenvalue weighted by Gasteiger charge is -2.07. The van der Waals surface area contributed by atoms with E-state index in [-0.39, 0.29) is 39.2 Å². The SMILES string of the molecule is CC.O=C(Nc1cnc(-c2cc3c(cc2Cl)OC(F)(F)O3)cn1)c1ccccc1F. The fraction of sp³-hybridized carbons (Fsp3) is 0.150. The summed E-state index contributed by atoms with van der Waals surface area (Å²) in [6.45, 7) is 4.00. The molecule has 0 saturated heterocycles. The number of benzene rings is 2. The molecular weight excluding hydrogens is 423 g/mol. The van der Waals surface area contributed by atoms with Gasteiger partial charge in [-0.1, -0.05) is 37.6 Å². The van der Waals surface area contributed by atoms with Crippen LogP contribution in [0.1, 0.15) is 24.2 Å². The van der Waals surface area contributed by atoms with Crippen LogP contribution in [0.5, 0.6) is 11.5 Å². The van der Waals surface area contributed by atoms with Crippen LogP contribution in [0.3, 0.4) is 0 Å². The van der Waals surface area contributed by atoms with Crippen LogP contribution >= 0.6 is 11.6 Å². The number of rotatable bonds is 3. The maximum atomic E-state index is 13.6. The molecule has 0 saturated carbocycles. The van der Waals surface area contributed by atoms with E-state index in [1.807, 2.05) is 13.8 Å². The second kappa shape index (κ2) is 8.58. The van der Waals surface area contributed by atoms with Gasteiger partial charge < -0.3 is 14.8 Å². The molecule has 3 aromatic rings. The molecule has 1 aromatic heterocycles. The Morgan fingerprint density at radius 1 is 1.07 bits per heavy atom. The van der Waals surface area contributed by atoms with Crippen molar-refractivity contribution >= 4 is 23.3 Å². The van der Waals surface area contributed by atoms with Crippen molar-refractivity contribution in [2.75, 3.05) is 5.32 Å². The smallest absolute Gasteiger partial charge is 0.395 e. The summed E-state index contributed by atoms with van der Waals surface area (Å²) in [7, 11) is 0. The minimum atomic E-state index is -3.77. The highest BCUT2D eigenvalue weighted by atomic mass is 35.5. The molecule has 1 aliphatic rings. The molecule has 0 aliphatic carbocycles. The van der Waals surface area contributed by atoms with Crippen LogP contribution in [0.4, 0.5) is 19.0 Å². The van der Waals surface area contributed by atoms with Gasteiger partial charge in [0, 0.05) is 11.6 Å². The molecule has 1 N–H and O–H groups in total. The summed E-state index contributed by atoms with van der Waals surface area (Å²) in [4.78, 5) is 20.2. The van der Waals surface area contributed by atoms with Gasteiger partial charge in [-0.25, -0.2) is 9.37 Å². The van der Waals surface area contributed by atoms with Crippen LogP contribution in [-0.2, 0) is 0 Å². The van der Waals surface area contributed by atoms with Crippen LogP contribution in [0.25, 0.3) is 11.3 Å². The van der Waals surface area contributed by atoms with E-state index >= 15 is 0 Å². The van der Waals surface area contributed by atoms with E-state index in [1.165, 1.54) is 42.7 Å². The summed E-state index contributed by atoms with van der Waals surface area (Å²) in [5.41, 5.74) is 0.379. The molecule has 4 rings (SSSR count). The van der Waals surface area contributed by atoms with Gasteiger partial charge in [0.25, 0.3) is 5.91 Å². The predicted molar refractivity (Wildman–Crippen MR) is 104 cm³/mol. The number of fused-ring (bicyclic) bond motifs is 1. The molecule has 0 bridgehead atoms. The molecule has 0 fully saturated rings. The molecule has 0 atom stereocenters. The third-order valence-electron chi connectivity index (χ3n) is 3.78. The number of halogens is 4. The molecule has 0 spiro atoms. The van der Waals surface area contributed by atoms with Crippen molar-refractivity contribution in [1.82, 2.24) is 9.97 Å². The third kappa shape index (κ3) is 4.46. The zero-order valence-corrected chi connectivity index (χ0v) is 16.5. The summed E-state index contributed by atoms with van der Waals surface area (Å²) in [5.74, 6) is -1.68. The van der Waals surface area contributed by atoms with Gasteiger partial charge in [0.15, 0.2) is 17.3 Å². The van der Waals surface area contributed by atoms with Crippen LogP contribution in [0, 0.1) is 5.82 Å². The maximum Gasteiger partial charge on any atom is 0.586 e. The average molecular weight is 438 g/mol. The number of anilines is 1. The number of carbonyl (C=O) groups excluding carboxylic acids is 1. The van der Waals surface area contributed by atoms with Crippen LogP contribution in [0.15, 0.2) is 48.8 Å². The van der Waals surface area contributed by atoms with Gasteiger partial charge in [0.05, 0.1) is 28.7 Å². The molecule has 2 heterocycles. The van der Waals surface area contributed by atoms with Gasteiger partial charge in [0.1, 0.15) is 5.82 Å². The summed E-state index contributed by atoms with van der Waals surface area (Å²) in [6.07, 6.45) is -1.26. The predicted octanol–water partition coefficient (Wildman–Crippen LogP) is 5.54. The van der Waals surface area contributed by atoms with Gasteiger partial charge in [-0.15, -0.1) is 8.78 Å². The Labute approximate surface area is 174 Å². The van der Waals surface area contributed by atoms with Crippen LogP contribution < -0.4 is 14.8 Å². The lowest BCUT2D eigenvalue weighted by atomic mass is 10.1. The first-order chi connectivity index (χ1) is 14.3. The van der Waals surface area contributed by atoms with Crippen LogP contribution in [-0.4, -0.2) is 22.2 Å². The van der Waals surface area contributed by atoms with Crippen molar-refractivity contribution < 1.29 is 27.4 Å². The number of ether oxygens (including phenoxy) is 2. The Kier molecular flexibility index (Phi) is 6.12. The highest BCUT2D eigenvalue weighted by Gasteiger charge is 2.43. The Morgan fingerprint density at radius 2 is 1.73 bits per heavy atom. The first-order valence-corrected chi connectivity index (χ1v) is 9.18. The van der Waals surface area contributed by atoms with E-state index in [4.69, 9.17) is 11.6 Å². The average Bonchev–Trinajstić information content (AvgIpc) is 3.02. The number of hydrogen-bond acceptors (Lipinski definition) is 5. The highest BCUT2D eigenvalue weighted by molar-refractivity contribution is 6.33. The van der Waals surface area contributed by atoms with Gasteiger partial charge in [-0.2, -0.15) is 0 Å². The molecule has 2 aromatic carbocycles. The third-order valence-corrected chi connectivity index (χ3v) is 4.09. The highest BCUT2D eigenvalue weighted by Crippen LogP contribution is 2.45. The lowest BCUT2D eigenvalue weighted by Crippen LogP contribution is -2.25. The zero-order valence-electron chi connectivity index (χ0n) is 15.7. The quantitative estimate of drug-likeness (QED) is 0.582. The number of aromatic nitrogens is 2. The van der Waals surface area contributed by atoms with Gasteiger partial charge >= 0.3 is 6.29 Å². The largest absolute Gasteiger partial charge is 0.586 e. The van der Waals surface area contributed by atoms with E-state index in [2.05, 4.69) is 24.8 Å². The monoisotopic (exact) mass is 437 g/mol. The van der Waals surface area contributed by atoms with Crippen molar-refractivity contribution in [3.05, 3.63) is 65.2 Å². The summed E-state index contributed by atoms with van der Waals surface area (Å²) in [5, 5.41) is 2.51. The second-order valence-electron chi connectivity index (χ2n) is 5.67. The first kappa shape index (κ1) is 21.4. The molecule has 6 nitrogen and oxygen atoms in total. The molecule has 30 heavy (non-hydrogen) atoms. The van der Waals surface area contributed by atoms with Crippen molar-refractivity contribution in [1.29, 1.82) is 0 Å². The molecule has 0 unspecified atom stereocenters. The summed E-state index contributed by atoms with van der Waals surface area (Å²) >= 11 is 6.10. The maximum absolute atomic E-state index is 13.6. The summed E-state index contributed by atoms with van der Waals surface area (Å²) < 4.78 is 48.7. The van der Waals surface area contributed by atoms with Crippen molar-refractivity contribution in [2.45, 2.75) is 20.1 Å². The topological polar surface area (TPSA) is 73.3 Å². The van der Waals surface area contributed by atoms with E-state index in [0.717, 1.165) is 6.07 Å². The molecule has 10 heteroatoms. The number of amides is 1.